The lowest BCUT2D eigenvalue weighted by Gasteiger charge is -2.34. The molecule has 0 bridgehead atoms. The molecule has 2 fully saturated rings. The molecule has 0 aliphatic carbocycles. The zero-order valence-electron chi connectivity index (χ0n) is 16.1. The number of carbonyl (C=O) groups excluding carboxylic acids is 2. The molecule has 2 amide bonds. The molecule has 0 radical (unpaired) electrons. The third-order valence-corrected chi connectivity index (χ3v) is 5.37. The van der Waals surface area contributed by atoms with E-state index in [1.165, 1.54) is 6.42 Å². The van der Waals surface area contributed by atoms with E-state index in [0.29, 0.717) is 49.1 Å². The Bertz CT molecular complexity index is 851. The Kier molecular flexibility index (Phi) is 5.27. The molecule has 0 unspecified atom stereocenters. The molecular formula is C20H25N5O3. The summed E-state index contributed by atoms with van der Waals surface area (Å²) in [4.78, 5) is 35.6. The maximum Gasteiger partial charge on any atom is 0.266 e. The highest BCUT2D eigenvalue weighted by atomic mass is 16.5. The zero-order chi connectivity index (χ0) is 19.5. The van der Waals surface area contributed by atoms with Gasteiger partial charge >= 0.3 is 0 Å². The summed E-state index contributed by atoms with van der Waals surface area (Å²) in [5.41, 5.74) is 1.15. The van der Waals surface area contributed by atoms with E-state index in [9.17, 15) is 9.59 Å². The van der Waals surface area contributed by atoms with Crippen molar-refractivity contribution in [3.05, 3.63) is 41.3 Å². The van der Waals surface area contributed by atoms with Crippen LogP contribution in [0.1, 0.15) is 45.9 Å². The molecule has 8 nitrogen and oxygen atoms in total. The molecule has 3 heterocycles. The fourth-order valence-electron chi connectivity index (χ4n) is 3.77. The second-order valence-electron chi connectivity index (χ2n) is 7.33. The van der Waals surface area contributed by atoms with Crippen molar-refractivity contribution in [1.82, 2.24) is 19.9 Å². The standard InChI is InChI=1S/C20H25N5O3/c1-15-21-20(22-28-15)25-12-10-24(11-13-25)19(27)17-7-5-6-16(14-17)18(26)23-8-3-2-4-9-23/h5-7,14H,2-4,8-13H2,1H3. The molecule has 4 rings (SSSR count). The number of aromatic nitrogens is 2. The van der Waals surface area contributed by atoms with Gasteiger partial charge in [-0.15, -0.1) is 0 Å². The first kappa shape index (κ1) is 18.5. The van der Waals surface area contributed by atoms with Gasteiger partial charge < -0.3 is 19.2 Å². The molecule has 2 aliphatic rings. The lowest BCUT2D eigenvalue weighted by atomic mass is 10.1. The molecule has 0 atom stereocenters. The van der Waals surface area contributed by atoms with E-state index in [0.717, 1.165) is 25.9 Å². The Labute approximate surface area is 164 Å². The molecule has 148 valence electrons. The molecule has 2 aromatic rings. The third-order valence-electron chi connectivity index (χ3n) is 5.37. The Hall–Kier alpha value is -2.90. The zero-order valence-corrected chi connectivity index (χ0v) is 16.1. The first-order valence-electron chi connectivity index (χ1n) is 9.86. The van der Waals surface area contributed by atoms with Gasteiger partial charge in [-0.2, -0.15) is 4.98 Å². The lowest BCUT2D eigenvalue weighted by Crippen LogP contribution is -2.49. The number of piperazine rings is 1. The van der Waals surface area contributed by atoms with E-state index >= 15 is 0 Å². The molecule has 0 spiro atoms. The summed E-state index contributed by atoms with van der Waals surface area (Å²) < 4.78 is 5.03. The number of likely N-dealkylation sites (tertiary alicyclic amines) is 1. The molecule has 0 saturated carbocycles. The summed E-state index contributed by atoms with van der Waals surface area (Å²) in [5, 5.41) is 3.94. The van der Waals surface area contributed by atoms with Gasteiger partial charge in [0, 0.05) is 57.3 Å². The minimum atomic E-state index is -0.0442. The molecule has 8 heteroatoms. The normalized spacial score (nSPS) is 17.7. The maximum absolute atomic E-state index is 12.9. The SMILES string of the molecule is Cc1nc(N2CCN(C(=O)c3cccc(C(=O)N4CCCCC4)c3)CC2)no1. The minimum Gasteiger partial charge on any atom is -0.339 e. The van der Waals surface area contributed by atoms with Gasteiger partial charge in [-0.05, 0) is 42.6 Å². The second-order valence-corrected chi connectivity index (χ2v) is 7.33. The number of amides is 2. The molecule has 1 aromatic carbocycles. The number of rotatable bonds is 3. The number of piperidine rings is 1. The predicted molar refractivity (Wildman–Crippen MR) is 103 cm³/mol. The van der Waals surface area contributed by atoms with Gasteiger partial charge in [0.1, 0.15) is 0 Å². The van der Waals surface area contributed by atoms with Gasteiger partial charge in [-0.3, -0.25) is 9.59 Å². The highest BCUT2D eigenvalue weighted by Gasteiger charge is 2.25. The molecule has 1 aromatic heterocycles. The molecule has 28 heavy (non-hydrogen) atoms. The highest BCUT2D eigenvalue weighted by molar-refractivity contribution is 5.99. The van der Waals surface area contributed by atoms with Crippen LogP contribution >= 0.6 is 0 Å². The number of hydrogen-bond donors (Lipinski definition) is 0. The van der Waals surface area contributed by atoms with Crippen LogP contribution in [-0.4, -0.2) is 71.0 Å². The van der Waals surface area contributed by atoms with Crippen LogP contribution in [0.2, 0.25) is 0 Å². The fraction of sp³-hybridized carbons (Fsp3) is 0.500. The van der Waals surface area contributed by atoms with Gasteiger partial charge in [0.2, 0.25) is 5.89 Å². The number of anilines is 1. The number of aryl methyl sites for hydroxylation is 1. The van der Waals surface area contributed by atoms with Crippen LogP contribution in [0, 0.1) is 6.92 Å². The Balaban J connectivity index is 1.40. The Morgan fingerprint density at radius 2 is 1.50 bits per heavy atom. The number of hydrogen-bond acceptors (Lipinski definition) is 6. The first-order valence-corrected chi connectivity index (χ1v) is 9.86. The van der Waals surface area contributed by atoms with E-state index in [-0.39, 0.29) is 11.8 Å². The quantitative estimate of drug-likeness (QED) is 0.806. The van der Waals surface area contributed by atoms with Crippen molar-refractivity contribution in [3.8, 4) is 0 Å². The molecule has 0 N–H and O–H groups in total. The second kappa shape index (κ2) is 8.00. The predicted octanol–water partition coefficient (Wildman–Crippen LogP) is 1.97. The van der Waals surface area contributed by atoms with Crippen molar-refractivity contribution in [2.75, 3.05) is 44.2 Å². The van der Waals surface area contributed by atoms with Crippen molar-refractivity contribution < 1.29 is 14.1 Å². The van der Waals surface area contributed by atoms with Crippen LogP contribution in [-0.2, 0) is 0 Å². The number of benzene rings is 1. The third kappa shape index (κ3) is 3.85. The average Bonchev–Trinajstić information content (AvgIpc) is 3.20. The lowest BCUT2D eigenvalue weighted by molar-refractivity contribution is 0.0724. The van der Waals surface area contributed by atoms with Crippen LogP contribution in [0.4, 0.5) is 5.95 Å². The summed E-state index contributed by atoms with van der Waals surface area (Å²) in [5.74, 6) is 1.08. The van der Waals surface area contributed by atoms with Crippen molar-refractivity contribution >= 4 is 17.8 Å². The Morgan fingerprint density at radius 1 is 0.893 bits per heavy atom. The highest BCUT2D eigenvalue weighted by Crippen LogP contribution is 2.17. The van der Waals surface area contributed by atoms with Crippen molar-refractivity contribution in [2.45, 2.75) is 26.2 Å². The monoisotopic (exact) mass is 383 g/mol. The van der Waals surface area contributed by atoms with E-state index in [1.807, 2.05) is 14.7 Å². The van der Waals surface area contributed by atoms with Gasteiger partial charge in [0.15, 0.2) is 0 Å². The van der Waals surface area contributed by atoms with Gasteiger partial charge in [0.05, 0.1) is 0 Å². The number of nitrogens with zero attached hydrogens (tertiary/aromatic N) is 5. The van der Waals surface area contributed by atoms with E-state index in [4.69, 9.17) is 4.52 Å². The van der Waals surface area contributed by atoms with Crippen LogP contribution in [0.25, 0.3) is 0 Å². The van der Waals surface area contributed by atoms with E-state index in [2.05, 4.69) is 10.1 Å². The minimum absolute atomic E-state index is 0.0200. The van der Waals surface area contributed by atoms with E-state index < -0.39 is 0 Å². The largest absolute Gasteiger partial charge is 0.339 e. The smallest absolute Gasteiger partial charge is 0.266 e. The first-order chi connectivity index (χ1) is 13.6. The summed E-state index contributed by atoms with van der Waals surface area (Å²) in [7, 11) is 0. The topological polar surface area (TPSA) is 82.8 Å². The molecule has 2 aliphatic heterocycles. The van der Waals surface area contributed by atoms with E-state index in [1.54, 1.807) is 31.2 Å². The molecule has 2 saturated heterocycles. The number of carbonyl (C=O) groups is 2. The maximum atomic E-state index is 12.9. The van der Waals surface area contributed by atoms with Crippen LogP contribution in [0.3, 0.4) is 0 Å². The van der Waals surface area contributed by atoms with Crippen LogP contribution in [0.5, 0.6) is 0 Å². The average molecular weight is 383 g/mol. The fourth-order valence-corrected chi connectivity index (χ4v) is 3.77. The molecular weight excluding hydrogens is 358 g/mol. The van der Waals surface area contributed by atoms with Gasteiger partial charge in [0.25, 0.3) is 17.8 Å². The summed E-state index contributed by atoms with van der Waals surface area (Å²) in [6, 6.07) is 7.10. The summed E-state index contributed by atoms with van der Waals surface area (Å²) >= 11 is 0. The van der Waals surface area contributed by atoms with Crippen molar-refractivity contribution in [3.63, 3.8) is 0 Å². The van der Waals surface area contributed by atoms with Crippen molar-refractivity contribution in [1.29, 1.82) is 0 Å². The van der Waals surface area contributed by atoms with Crippen LogP contribution < -0.4 is 4.90 Å². The Morgan fingerprint density at radius 3 is 2.07 bits per heavy atom. The van der Waals surface area contributed by atoms with Crippen molar-refractivity contribution in [2.24, 2.45) is 0 Å². The summed E-state index contributed by atoms with van der Waals surface area (Å²) in [6.45, 7) is 5.82. The van der Waals surface area contributed by atoms with Crippen LogP contribution in [0.15, 0.2) is 28.8 Å². The van der Waals surface area contributed by atoms with Gasteiger partial charge in [-0.1, -0.05) is 6.07 Å². The van der Waals surface area contributed by atoms with Gasteiger partial charge in [-0.25, -0.2) is 0 Å². The summed E-state index contributed by atoms with van der Waals surface area (Å²) in [6.07, 6.45) is 3.28.